The summed E-state index contributed by atoms with van der Waals surface area (Å²) in [5.74, 6) is -2.43. The molecule has 180 valence electrons. The van der Waals surface area contributed by atoms with Crippen LogP contribution in [0.4, 0.5) is 5.69 Å². The van der Waals surface area contributed by atoms with Crippen molar-refractivity contribution < 1.29 is 19.5 Å². The number of hydrogen-bond donors (Lipinski definition) is 3. The Morgan fingerprint density at radius 3 is 2.45 bits per heavy atom. The van der Waals surface area contributed by atoms with Gasteiger partial charge in [0, 0.05) is 13.0 Å². The van der Waals surface area contributed by atoms with E-state index in [0.29, 0.717) is 23.6 Å². The smallest absolute Gasteiger partial charge is 0.247 e. The molecular formula is C25H34ClN3O4. The lowest BCUT2D eigenvalue weighted by atomic mass is 9.69. The number of fused-ring (bicyclic) bond motifs is 1. The van der Waals surface area contributed by atoms with Crippen LogP contribution in [0.1, 0.15) is 33.6 Å². The van der Waals surface area contributed by atoms with Crippen molar-refractivity contribution >= 4 is 35.0 Å². The molecule has 1 heterocycles. The molecule has 1 aliphatic heterocycles. The minimum absolute atomic E-state index is 0.0972. The monoisotopic (exact) mass is 475 g/mol. The van der Waals surface area contributed by atoms with Crippen LogP contribution in [0.25, 0.3) is 0 Å². The van der Waals surface area contributed by atoms with E-state index < -0.39 is 29.8 Å². The van der Waals surface area contributed by atoms with E-state index in [0.717, 1.165) is 0 Å². The normalized spacial score (nSPS) is 27.4. The summed E-state index contributed by atoms with van der Waals surface area (Å²) in [5, 5.41) is 16.2. The van der Waals surface area contributed by atoms with Crippen LogP contribution in [-0.2, 0) is 14.4 Å². The van der Waals surface area contributed by atoms with Gasteiger partial charge in [-0.15, -0.1) is 0 Å². The highest BCUT2D eigenvalue weighted by atomic mass is 35.5. The average Bonchev–Trinajstić information content (AvgIpc) is 3.10. The van der Waals surface area contributed by atoms with E-state index in [4.69, 9.17) is 11.6 Å². The van der Waals surface area contributed by atoms with Gasteiger partial charge in [-0.3, -0.25) is 14.4 Å². The van der Waals surface area contributed by atoms with E-state index in [1.54, 1.807) is 31.3 Å². The van der Waals surface area contributed by atoms with Gasteiger partial charge in [0.05, 0.1) is 35.2 Å². The number of allylic oxidation sites excluding steroid dienone is 1. The first-order valence-electron chi connectivity index (χ1n) is 11.6. The zero-order chi connectivity index (χ0) is 24.3. The van der Waals surface area contributed by atoms with Crippen LogP contribution in [0.2, 0.25) is 5.02 Å². The number of rotatable bonds is 8. The van der Waals surface area contributed by atoms with E-state index in [1.807, 2.05) is 32.9 Å². The van der Waals surface area contributed by atoms with E-state index in [9.17, 15) is 19.5 Å². The number of para-hydroxylation sites is 1. The number of amides is 3. The average molecular weight is 476 g/mol. The quantitative estimate of drug-likeness (QED) is 0.503. The van der Waals surface area contributed by atoms with E-state index in [-0.39, 0.29) is 36.2 Å². The van der Waals surface area contributed by atoms with Crippen molar-refractivity contribution in [2.24, 2.45) is 29.6 Å². The highest BCUT2D eigenvalue weighted by Gasteiger charge is 2.58. The third kappa shape index (κ3) is 4.94. The Morgan fingerprint density at radius 2 is 1.88 bits per heavy atom. The van der Waals surface area contributed by atoms with Gasteiger partial charge in [-0.1, -0.05) is 56.7 Å². The van der Waals surface area contributed by atoms with Gasteiger partial charge in [0.2, 0.25) is 17.7 Å². The molecule has 0 aromatic heterocycles. The van der Waals surface area contributed by atoms with Gasteiger partial charge in [0.15, 0.2) is 0 Å². The Balaban J connectivity index is 2.06. The van der Waals surface area contributed by atoms with Crippen LogP contribution in [-0.4, -0.2) is 53.5 Å². The summed E-state index contributed by atoms with van der Waals surface area (Å²) in [6.45, 7) is 5.75. The maximum Gasteiger partial charge on any atom is 0.247 e. The van der Waals surface area contributed by atoms with Gasteiger partial charge in [-0.2, -0.15) is 0 Å². The molecule has 0 saturated carbocycles. The summed E-state index contributed by atoms with van der Waals surface area (Å²) in [6, 6.07) is 5.55. The molecule has 33 heavy (non-hydrogen) atoms. The van der Waals surface area contributed by atoms with Crippen molar-refractivity contribution in [3.8, 4) is 0 Å². The van der Waals surface area contributed by atoms with Crippen molar-refractivity contribution in [1.29, 1.82) is 0 Å². The third-order valence-corrected chi connectivity index (χ3v) is 7.15. The molecule has 1 aliphatic carbocycles. The Bertz CT molecular complexity index is 919. The van der Waals surface area contributed by atoms with Crippen LogP contribution >= 0.6 is 11.6 Å². The van der Waals surface area contributed by atoms with Crippen molar-refractivity contribution in [2.45, 2.75) is 45.7 Å². The number of nitrogens with one attached hydrogen (secondary N) is 2. The maximum atomic E-state index is 13.8. The highest BCUT2D eigenvalue weighted by molar-refractivity contribution is 6.33. The van der Waals surface area contributed by atoms with Gasteiger partial charge in [-0.25, -0.2) is 0 Å². The first kappa shape index (κ1) is 25.2. The molecule has 3 rings (SSSR count). The van der Waals surface area contributed by atoms with Gasteiger partial charge in [0.25, 0.3) is 0 Å². The zero-order valence-electron chi connectivity index (χ0n) is 19.6. The minimum atomic E-state index is -0.851. The molecule has 1 aromatic carbocycles. The van der Waals surface area contributed by atoms with Crippen molar-refractivity contribution in [1.82, 2.24) is 10.2 Å². The molecule has 0 spiro atoms. The molecule has 8 heteroatoms. The Hall–Kier alpha value is -2.38. The molecule has 6 atom stereocenters. The van der Waals surface area contributed by atoms with Crippen LogP contribution in [0, 0.1) is 29.6 Å². The van der Waals surface area contributed by atoms with Crippen LogP contribution < -0.4 is 10.6 Å². The molecule has 0 radical (unpaired) electrons. The lowest BCUT2D eigenvalue weighted by molar-refractivity contribution is -0.143. The molecule has 0 bridgehead atoms. The van der Waals surface area contributed by atoms with Gasteiger partial charge in [0.1, 0.15) is 6.04 Å². The molecule has 3 N–H and O–H groups in total. The lowest BCUT2D eigenvalue weighted by Crippen LogP contribution is -2.51. The Morgan fingerprint density at radius 1 is 1.18 bits per heavy atom. The Labute approximate surface area is 200 Å². The van der Waals surface area contributed by atoms with Gasteiger partial charge < -0.3 is 20.6 Å². The molecule has 1 aromatic rings. The summed E-state index contributed by atoms with van der Waals surface area (Å²) < 4.78 is 0. The molecule has 1 saturated heterocycles. The fourth-order valence-corrected chi connectivity index (χ4v) is 5.53. The molecule has 2 aliphatic rings. The molecule has 7 nitrogen and oxygen atoms in total. The number of nitrogens with zero attached hydrogens (tertiary/aromatic N) is 1. The lowest BCUT2D eigenvalue weighted by Gasteiger charge is -2.34. The number of halogens is 1. The molecule has 1 fully saturated rings. The number of carbonyl (C=O) groups is 3. The predicted molar refractivity (Wildman–Crippen MR) is 129 cm³/mol. The van der Waals surface area contributed by atoms with Gasteiger partial charge in [-0.05, 0) is 36.8 Å². The van der Waals surface area contributed by atoms with E-state index in [2.05, 4.69) is 10.6 Å². The van der Waals surface area contributed by atoms with Crippen LogP contribution in [0.15, 0.2) is 36.4 Å². The summed E-state index contributed by atoms with van der Waals surface area (Å²) in [4.78, 5) is 41.8. The number of aliphatic hydroxyl groups excluding tert-OH is 1. The third-order valence-electron chi connectivity index (χ3n) is 6.82. The van der Waals surface area contributed by atoms with Crippen molar-refractivity contribution in [2.75, 3.05) is 19.0 Å². The number of hydrogen-bond acceptors (Lipinski definition) is 4. The molecule has 0 unspecified atom stereocenters. The van der Waals surface area contributed by atoms with Crippen molar-refractivity contribution in [3.05, 3.63) is 41.4 Å². The fourth-order valence-electron chi connectivity index (χ4n) is 5.34. The first-order chi connectivity index (χ1) is 15.7. The van der Waals surface area contributed by atoms with Gasteiger partial charge >= 0.3 is 0 Å². The topological polar surface area (TPSA) is 98.7 Å². The second-order valence-corrected chi connectivity index (χ2v) is 9.73. The summed E-state index contributed by atoms with van der Waals surface area (Å²) >= 11 is 6.26. The summed E-state index contributed by atoms with van der Waals surface area (Å²) in [5.41, 5.74) is 0.457. The maximum absolute atomic E-state index is 13.8. The Kier molecular flexibility index (Phi) is 8.19. The first-order valence-corrected chi connectivity index (χ1v) is 12.0. The molecular weight excluding hydrogens is 442 g/mol. The SMILES string of the molecule is CC[C@@H]1C=C[C@H]2[C@@H](C(=O)N([C@@H](CO)CC(C)C)[C@@H]2C(=O)Nc2ccccc2Cl)[C@@H]1C(=O)NC. The second-order valence-electron chi connectivity index (χ2n) is 9.33. The number of carbonyl (C=O) groups excluding carboxylic acids is 3. The number of aliphatic hydroxyl groups is 1. The van der Waals surface area contributed by atoms with Crippen molar-refractivity contribution in [3.63, 3.8) is 0 Å². The number of benzene rings is 1. The standard InChI is InChI=1S/C25H34ClN3O4/c1-5-15-10-11-17-21(20(15)23(31)27-4)25(33)29(16(13-30)12-14(2)3)22(17)24(32)28-19-9-7-6-8-18(19)26/h6-11,14-17,20-22,30H,5,12-13H2,1-4H3,(H,27,31)(H,28,32)/t15-,16-,17+,20-,21-,22+/m1/s1. The highest BCUT2D eigenvalue weighted by Crippen LogP contribution is 2.46. The second kappa shape index (κ2) is 10.7. The zero-order valence-corrected chi connectivity index (χ0v) is 20.4. The molecule has 3 amide bonds. The van der Waals surface area contributed by atoms with Crippen LogP contribution in [0.5, 0.6) is 0 Å². The minimum Gasteiger partial charge on any atom is -0.394 e. The number of likely N-dealkylation sites (tertiary alicyclic amines) is 1. The summed E-state index contributed by atoms with van der Waals surface area (Å²) in [6.07, 6.45) is 5.13. The van der Waals surface area contributed by atoms with E-state index >= 15 is 0 Å². The predicted octanol–water partition coefficient (Wildman–Crippen LogP) is 3.09. The van der Waals surface area contributed by atoms with Crippen LogP contribution in [0.3, 0.4) is 0 Å². The fraction of sp³-hybridized carbons (Fsp3) is 0.560. The number of anilines is 1. The largest absolute Gasteiger partial charge is 0.394 e. The summed E-state index contributed by atoms with van der Waals surface area (Å²) in [7, 11) is 1.57. The van der Waals surface area contributed by atoms with E-state index in [1.165, 1.54) is 4.90 Å².